The maximum absolute atomic E-state index is 12.3. The van der Waals surface area contributed by atoms with E-state index in [1.165, 1.54) is 11.8 Å². The van der Waals surface area contributed by atoms with Gasteiger partial charge in [-0.1, -0.05) is 12.1 Å². The summed E-state index contributed by atoms with van der Waals surface area (Å²) in [6.07, 6.45) is 0. The first-order valence-corrected chi connectivity index (χ1v) is 18.1. The minimum Gasteiger partial charge on any atom is -0.463 e. The summed E-state index contributed by atoms with van der Waals surface area (Å²) >= 11 is 0. The number of benzene rings is 1. The van der Waals surface area contributed by atoms with E-state index >= 15 is 0 Å². The molecule has 53 heavy (non-hydrogen) atoms. The number of ether oxygens (including phenoxy) is 13. The summed E-state index contributed by atoms with van der Waals surface area (Å²) in [5.41, 5.74) is 0.876. The van der Waals surface area contributed by atoms with Crippen LogP contribution >= 0.6 is 0 Å². The Kier molecular flexibility index (Phi) is 29.7. The Morgan fingerprint density at radius 1 is 0.396 bits per heavy atom. The SMILES string of the molecule is CC(=O)OCCOCCOCCOCCOCCOCCOCCOCCOCCOCCOCCOCCOCCN1C(=O)c2ccccc2C1=O. The number of carbonyl (C=O) groups is 3. The number of amides is 2. The molecular formula is C36H59NO16. The van der Waals surface area contributed by atoms with E-state index in [-0.39, 0.29) is 37.5 Å². The quantitative estimate of drug-likeness (QED) is 0.0529. The van der Waals surface area contributed by atoms with Gasteiger partial charge >= 0.3 is 5.97 Å². The third-order valence-electron chi connectivity index (χ3n) is 6.96. The van der Waals surface area contributed by atoms with Crippen molar-refractivity contribution in [2.75, 3.05) is 172 Å². The maximum Gasteiger partial charge on any atom is 0.302 e. The fraction of sp³-hybridized carbons (Fsp3) is 0.750. The lowest BCUT2D eigenvalue weighted by Crippen LogP contribution is -2.33. The molecule has 1 aromatic rings. The molecule has 0 atom stereocenters. The molecule has 17 heteroatoms. The van der Waals surface area contributed by atoms with Crippen LogP contribution in [-0.4, -0.2) is 194 Å². The van der Waals surface area contributed by atoms with E-state index in [2.05, 4.69) is 0 Å². The molecule has 0 unspecified atom stereocenters. The van der Waals surface area contributed by atoms with Crippen molar-refractivity contribution in [2.24, 2.45) is 0 Å². The second-order valence-electron chi connectivity index (χ2n) is 11.0. The first-order valence-electron chi connectivity index (χ1n) is 18.1. The van der Waals surface area contributed by atoms with Crippen LogP contribution in [0.5, 0.6) is 0 Å². The van der Waals surface area contributed by atoms with Gasteiger partial charge < -0.3 is 61.6 Å². The van der Waals surface area contributed by atoms with Gasteiger partial charge in [0.1, 0.15) is 6.61 Å². The highest BCUT2D eigenvalue weighted by Gasteiger charge is 2.34. The molecule has 1 aromatic carbocycles. The fourth-order valence-corrected chi connectivity index (χ4v) is 4.36. The van der Waals surface area contributed by atoms with Gasteiger partial charge in [0, 0.05) is 6.92 Å². The second-order valence-corrected chi connectivity index (χ2v) is 11.0. The molecule has 0 saturated heterocycles. The number of imide groups is 1. The maximum atomic E-state index is 12.3. The molecular weight excluding hydrogens is 702 g/mol. The van der Waals surface area contributed by atoms with Crippen LogP contribution in [0.25, 0.3) is 0 Å². The van der Waals surface area contributed by atoms with Crippen LogP contribution in [0.4, 0.5) is 0 Å². The van der Waals surface area contributed by atoms with Gasteiger partial charge in [0.2, 0.25) is 0 Å². The number of hydrogen-bond donors (Lipinski definition) is 0. The van der Waals surface area contributed by atoms with E-state index in [0.717, 1.165) is 0 Å². The lowest BCUT2D eigenvalue weighted by molar-refractivity contribution is -0.142. The highest BCUT2D eigenvalue weighted by Crippen LogP contribution is 2.21. The van der Waals surface area contributed by atoms with Crippen LogP contribution in [0, 0.1) is 0 Å². The zero-order chi connectivity index (χ0) is 37.9. The highest BCUT2D eigenvalue weighted by molar-refractivity contribution is 6.21. The molecule has 0 saturated carbocycles. The molecule has 0 fully saturated rings. The summed E-state index contributed by atoms with van der Waals surface area (Å²) in [5.74, 6) is -0.881. The summed E-state index contributed by atoms with van der Waals surface area (Å²) in [7, 11) is 0. The zero-order valence-electron chi connectivity index (χ0n) is 31.2. The number of esters is 1. The second kappa shape index (κ2) is 33.9. The third-order valence-corrected chi connectivity index (χ3v) is 6.96. The predicted octanol–water partition coefficient (Wildman–Crippen LogP) is 1.04. The van der Waals surface area contributed by atoms with Crippen LogP contribution < -0.4 is 0 Å². The number of hydrogen-bond acceptors (Lipinski definition) is 16. The average molecular weight is 762 g/mol. The van der Waals surface area contributed by atoms with Crippen molar-refractivity contribution in [3.63, 3.8) is 0 Å². The fourth-order valence-electron chi connectivity index (χ4n) is 4.36. The van der Waals surface area contributed by atoms with Crippen LogP contribution in [-0.2, 0) is 66.4 Å². The van der Waals surface area contributed by atoms with Crippen LogP contribution in [0.15, 0.2) is 24.3 Å². The molecule has 2 rings (SSSR count). The molecule has 304 valence electrons. The van der Waals surface area contributed by atoms with E-state index in [9.17, 15) is 14.4 Å². The molecule has 0 radical (unpaired) electrons. The van der Waals surface area contributed by atoms with Gasteiger partial charge in [0.15, 0.2) is 0 Å². The van der Waals surface area contributed by atoms with Gasteiger partial charge in [0.05, 0.1) is 176 Å². The lowest BCUT2D eigenvalue weighted by Gasteiger charge is -2.13. The minimum absolute atomic E-state index is 0.209. The van der Waals surface area contributed by atoms with E-state index in [0.29, 0.717) is 163 Å². The number of carbonyl (C=O) groups excluding carboxylic acids is 3. The molecule has 1 aliphatic rings. The van der Waals surface area contributed by atoms with Gasteiger partial charge in [-0.3, -0.25) is 19.3 Å². The molecule has 2 amide bonds. The first-order chi connectivity index (χ1) is 26.1. The minimum atomic E-state index is -0.317. The molecule has 0 bridgehead atoms. The van der Waals surface area contributed by atoms with E-state index < -0.39 is 0 Å². The summed E-state index contributed by atoms with van der Waals surface area (Å²) in [6.45, 7) is 12.5. The van der Waals surface area contributed by atoms with E-state index in [1.54, 1.807) is 24.3 Å². The van der Waals surface area contributed by atoms with Crippen molar-refractivity contribution in [3.8, 4) is 0 Å². The van der Waals surface area contributed by atoms with Gasteiger partial charge in [-0.25, -0.2) is 0 Å². The number of nitrogens with zero attached hydrogens (tertiary/aromatic N) is 1. The Morgan fingerprint density at radius 2 is 0.623 bits per heavy atom. The monoisotopic (exact) mass is 761 g/mol. The van der Waals surface area contributed by atoms with Crippen molar-refractivity contribution in [1.29, 1.82) is 0 Å². The van der Waals surface area contributed by atoms with E-state index in [4.69, 9.17) is 61.6 Å². The summed E-state index contributed by atoms with van der Waals surface area (Å²) < 4.78 is 70.1. The topological polar surface area (TPSA) is 174 Å². The van der Waals surface area contributed by atoms with Crippen LogP contribution in [0.1, 0.15) is 27.6 Å². The largest absolute Gasteiger partial charge is 0.463 e. The summed E-state index contributed by atoms with van der Waals surface area (Å²) in [4.78, 5) is 36.4. The van der Waals surface area contributed by atoms with Crippen LogP contribution in [0.2, 0.25) is 0 Å². The standard InChI is InChI=1S/C36H59NO16/c1-32(38)53-31-30-52-29-28-51-27-26-50-25-24-49-23-22-48-21-20-47-19-18-46-17-16-45-15-14-44-13-12-43-11-10-42-9-8-41-7-6-37-35(39)33-4-2-3-5-34(33)36(37)40/h2-5H,6-31H2,1H3. The Balaban J connectivity index is 1.15. The number of fused-ring (bicyclic) bond motifs is 1. The molecule has 17 nitrogen and oxygen atoms in total. The molecule has 0 aromatic heterocycles. The summed E-state index contributed by atoms with van der Waals surface area (Å²) in [6, 6.07) is 6.81. The molecule has 1 heterocycles. The molecule has 0 aliphatic carbocycles. The van der Waals surface area contributed by atoms with Gasteiger partial charge in [-0.2, -0.15) is 0 Å². The Hall–Kier alpha value is -2.65. The predicted molar refractivity (Wildman–Crippen MR) is 188 cm³/mol. The van der Waals surface area contributed by atoms with Crippen molar-refractivity contribution in [1.82, 2.24) is 4.90 Å². The van der Waals surface area contributed by atoms with Crippen molar-refractivity contribution in [3.05, 3.63) is 35.4 Å². The molecule has 0 spiro atoms. The Bertz CT molecular complexity index is 1030. The number of rotatable bonds is 39. The average Bonchev–Trinajstić information content (AvgIpc) is 3.40. The first kappa shape index (κ1) is 46.5. The van der Waals surface area contributed by atoms with E-state index in [1.807, 2.05) is 0 Å². The normalized spacial score (nSPS) is 12.6. The van der Waals surface area contributed by atoms with Crippen molar-refractivity contribution in [2.45, 2.75) is 6.92 Å². The molecule has 1 aliphatic heterocycles. The third kappa shape index (κ3) is 25.1. The van der Waals surface area contributed by atoms with Gasteiger partial charge in [-0.05, 0) is 12.1 Å². The lowest BCUT2D eigenvalue weighted by atomic mass is 10.1. The summed E-state index contributed by atoms with van der Waals surface area (Å²) in [5, 5.41) is 0. The van der Waals surface area contributed by atoms with Crippen molar-refractivity contribution < 1.29 is 76.0 Å². The van der Waals surface area contributed by atoms with Gasteiger partial charge in [-0.15, -0.1) is 0 Å². The van der Waals surface area contributed by atoms with Crippen molar-refractivity contribution >= 4 is 17.8 Å². The van der Waals surface area contributed by atoms with Gasteiger partial charge in [0.25, 0.3) is 11.8 Å². The zero-order valence-corrected chi connectivity index (χ0v) is 31.2. The highest BCUT2D eigenvalue weighted by atomic mass is 16.6. The van der Waals surface area contributed by atoms with Crippen LogP contribution in [0.3, 0.4) is 0 Å². The molecule has 0 N–H and O–H groups in total. The Labute approximate surface area is 312 Å². The Morgan fingerprint density at radius 3 is 0.868 bits per heavy atom. The smallest absolute Gasteiger partial charge is 0.302 e.